The van der Waals surface area contributed by atoms with E-state index in [2.05, 4.69) is 40.4 Å². The zero-order chi connectivity index (χ0) is 19.5. The normalized spacial score (nSPS) is 33.3. The standard InChI is InChI=1S/C21H34O4Si/c1-8-24-18(23)21-10-9-15(25-26(6,7)19(3,4)5)16(21)17(22)20(11-12-20)14(2)13-21/h15-16H,2,8-13H2,1,3-7H3/t15-,16-,21-/m1/s1. The van der Waals surface area contributed by atoms with Gasteiger partial charge in [0.05, 0.1) is 29.5 Å². The number of hydrogen-bond donors (Lipinski definition) is 0. The Kier molecular flexibility index (Phi) is 4.59. The topological polar surface area (TPSA) is 52.6 Å². The van der Waals surface area contributed by atoms with E-state index in [1.54, 1.807) is 0 Å². The molecule has 0 saturated heterocycles. The highest BCUT2D eigenvalue weighted by Gasteiger charge is 2.69. The lowest BCUT2D eigenvalue weighted by Gasteiger charge is -2.45. The molecule has 0 bridgehead atoms. The quantitative estimate of drug-likeness (QED) is 0.406. The van der Waals surface area contributed by atoms with Gasteiger partial charge >= 0.3 is 5.97 Å². The first-order chi connectivity index (χ1) is 11.9. The molecule has 3 aliphatic rings. The molecule has 0 radical (unpaired) electrons. The average molecular weight is 379 g/mol. The van der Waals surface area contributed by atoms with Crippen LogP contribution in [0.15, 0.2) is 12.2 Å². The van der Waals surface area contributed by atoms with E-state index in [0.717, 1.165) is 24.8 Å². The molecule has 3 rings (SSSR count). The molecule has 0 N–H and O–H groups in total. The Balaban J connectivity index is 1.97. The molecular weight excluding hydrogens is 344 g/mol. The van der Waals surface area contributed by atoms with Gasteiger partial charge in [0, 0.05) is 0 Å². The number of rotatable bonds is 4. The fourth-order valence-electron chi connectivity index (χ4n) is 4.70. The maximum atomic E-state index is 13.5. The second-order valence-corrected chi connectivity index (χ2v) is 14.8. The molecule has 1 spiro atoms. The third kappa shape index (κ3) is 2.73. The van der Waals surface area contributed by atoms with E-state index in [9.17, 15) is 9.59 Å². The number of Topliss-reactive ketones (excluding diaryl/α,β-unsaturated/α-hetero) is 1. The number of ketones is 1. The second-order valence-electron chi connectivity index (χ2n) is 10.0. The van der Waals surface area contributed by atoms with E-state index in [0.29, 0.717) is 19.4 Å². The van der Waals surface area contributed by atoms with Crippen LogP contribution in [-0.4, -0.2) is 32.8 Å². The van der Waals surface area contributed by atoms with E-state index in [1.165, 1.54) is 0 Å². The van der Waals surface area contributed by atoms with Crippen molar-refractivity contribution in [3.63, 3.8) is 0 Å². The van der Waals surface area contributed by atoms with Crippen molar-refractivity contribution in [2.75, 3.05) is 6.61 Å². The predicted molar refractivity (Wildman–Crippen MR) is 104 cm³/mol. The first-order valence-corrected chi connectivity index (χ1v) is 12.9. The number of esters is 1. The van der Waals surface area contributed by atoms with Gasteiger partial charge in [-0.1, -0.05) is 32.9 Å². The molecule has 146 valence electrons. The molecule has 0 unspecified atom stereocenters. The van der Waals surface area contributed by atoms with Gasteiger partial charge in [0.25, 0.3) is 0 Å². The van der Waals surface area contributed by atoms with Crippen molar-refractivity contribution in [1.29, 1.82) is 0 Å². The molecule has 3 atom stereocenters. The van der Waals surface area contributed by atoms with Crippen molar-refractivity contribution in [3.05, 3.63) is 12.2 Å². The summed E-state index contributed by atoms with van der Waals surface area (Å²) in [5.74, 6) is -0.400. The summed E-state index contributed by atoms with van der Waals surface area (Å²) in [4.78, 5) is 26.5. The Bertz CT molecular complexity index is 641. The summed E-state index contributed by atoms with van der Waals surface area (Å²) in [6, 6.07) is 0. The van der Waals surface area contributed by atoms with Crippen LogP contribution in [0.1, 0.15) is 59.8 Å². The van der Waals surface area contributed by atoms with Gasteiger partial charge in [-0.2, -0.15) is 0 Å². The molecule has 4 nitrogen and oxygen atoms in total. The molecule has 3 saturated carbocycles. The zero-order valence-electron chi connectivity index (χ0n) is 17.2. The molecule has 3 aliphatic carbocycles. The van der Waals surface area contributed by atoms with Crippen LogP contribution in [0.4, 0.5) is 0 Å². The van der Waals surface area contributed by atoms with Crippen LogP contribution >= 0.6 is 0 Å². The van der Waals surface area contributed by atoms with Crippen LogP contribution in [0, 0.1) is 16.7 Å². The summed E-state index contributed by atoms with van der Waals surface area (Å²) in [5, 5.41) is 0.0702. The average Bonchev–Trinajstić information content (AvgIpc) is 3.24. The van der Waals surface area contributed by atoms with Gasteiger partial charge in [0.2, 0.25) is 0 Å². The second kappa shape index (κ2) is 6.03. The Morgan fingerprint density at radius 2 is 1.88 bits per heavy atom. The fraction of sp³-hybridized carbons (Fsp3) is 0.810. The molecule has 0 heterocycles. The Morgan fingerprint density at radius 3 is 2.38 bits per heavy atom. The molecule has 0 aliphatic heterocycles. The molecular formula is C21H34O4Si. The van der Waals surface area contributed by atoms with Crippen LogP contribution in [0.2, 0.25) is 18.1 Å². The third-order valence-electron chi connectivity index (χ3n) is 7.49. The van der Waals surface area contributed by atoms with Crippen LogP contribution in [0.5, 0.6) is 0 Å². The molecule has 0 aromatic rings. The summed E-state index contributed by atoms with van der Waals surface area (Å²) < 4.78 is 12.1. The third-order valence-corrected chi connectivity index (χ3v) is 12.0. The van der Waals surface area contributed by atoms with E-state index in [1.807, 2.05) is 6.92 Å². The van der Waals surface area contributed by atoms with Crippen molar-refractivity contribution in [3.8, 4) is 0 Å². The molecule has 3 fully saturated rings. The first-order valence-electron chi connectivity index (χ1n) is 9.99. The highest BCUT2D eigenvalue weighted by molar-refractivity contribution is 6.74. The Labute approximate surface area is 158 Å². The number of fused-ring (bicyclic) bond motifs is 1. The minimum Gasteiger partial charge on any atom is -0.466 e. The van der Waals surface area contributed by atoms with Crippen molar-refractivity contribution >= 4 is 20.1 Å². The maximum absolute atomic E-state index is 13.5. The van der Waals surface area contributed by atoms with Crippen molar-refractivity contribution in [2.45, 2.75) is 84.0 Å². The SMILES string of the molecule is C=C1C[C@]2(C(=O)OCC)CC[C@@H](O[Si](C)(C)C(C)(C)C)[C@@H]2C(=O)C12CC2. The highest BCUT2D eigenvalue weighted by Crippen LogP contribution is 2.66. The summed E-state index contributed by atoms with van der Waals surface area (Å²) in [7, 11) is -2.03. The fourth-order valence-corrected chi connectivity index (χ4v) is 6.07. The van der Waals surface area contributed by atoms with Gasteiger partial charge in [0.15, 0.2) is 8.32 Å². The van der Waals surface area contributed by atoms with Gasteiger partial charge in [-0.15, -0.1) is 0 Å². The predicted octanol–water partition coefficient (Wildman–Crippen LogP) is 4.65. The van der Waals surface area contributed by atoms with Crippen LogP contribution in [-0.2, 0) is 18.8 Å². The van der Waals surface area contributed by atoms with E-state index in [-0.39, 0.29) is 34.2 Å². The number of allylic oxidation sites excluding steroid dienone is 1. The van der Waals surface area contributed by atoms with Crippen LogP contribution < -0.4 is 0 Å². The minimum atomic E-state index is -2.03. The molecule has 0 aromatic carbocycles. The van der Waals surface area contributed by atoms with Crippen molar-refractivity contribution < 1.29 is 18.8 Å². The smallest absolute Gasteiger partial charge is 0.313 e. The molecule has 0 aromatic heterocycles. The van der Waals surface area contributed by atoms with Gasteiger partial charge in [-0.3, -0.25) is 9.59 Å². The van der Waals surface area contributed by atoms with E-state index >= 15 is 0 Å². The van der Waals surface area contributed by atoms with Crippen LogP contribution in [0.3, 0.4) is 0 Å². The van der Waals surface area contributed by atoms with Gasteiger partial charge in [-0.25, -0.2) is 0 Å². The lowest BCUT2D eigenvalue weighted by Crippen LogP contribution is -2.54. The van der Waals surface area contributed by atoms with Gasteiger partial charge in [0.1, 0.15) is 5.78 Å². The number of hydrogen-bond acceptors (Lipinski definition) is 4. The lowest BCUT2D eigenvalue weighted by molar-refractivity contribution is -0.165. The van der Waals surface area contributed by atoms with Gasteiger partial charge in [-0.05, 0) is 57.2 Å². The largest absolute Gasteiger partial charge is 0.466 e. The van der Waals surface area contributed by atoms with Gasteiger partial charge < -0.3 is 9.16 Å². The molecule has 5 heteroatoms. The summed E-state index contributed by atoms with van der Waals surface area (Å²) in [6.07, 6.45) is 3.60. The number of carbonyl (C=O) groups is 2. The number of ether oxygens (including phenoxy) is 1. The first kappa shape index (κ1) is 19.8. The van der Waals surface area contributed by atoms with Crippen LogP contribution in [0.25, 0.3) is 0 Å². The zero-order valence-corrected chi connectivity index (χ0v) is 18.2. The van der Waals surface area contributed by atoms with Crippen molar-refractivity contribution in [1.82, 2.24) is 0 Å². The molecule has 0 amide bonds. The summed E-state index contributed by atoms with van der Waals surface area (Å²) in [6.45, 7) is 17.4. The Morgan fingerprint density at radius 1 is 1.27 bits per heavy atom. The van der Waals surface area contributed by atoms with Crippen molar-refractivity contribution in [2.24, 2.45) is 16.7 Å². The maximum Gasteiger partial charge on any atom is 0.313 e. The summed E-state index contributed by atoms with van der Waals surface area (Å²) in [5.41, 5.74) is -0.190. The number of carbonyl (C=O) groups excluding carboxylic acids is 2. The molecule has 26 heavy (non-hydrogen) atoms. The highest BCUT2D eigenvalue weighted by atomic mass is 28.4. The Hall–Kier alpha value is -0.943. The lowest BCUT2D eigenvalue weighted by atomic mass is 9.60. The monoisotopic (exact) mass is 378 g/mol. The minimum absolute atomic E-state index is 0.0702. The van der Waals surface area contributed by atoms with E-state index < -0.39 is 13.7 Å². The van der Waals surface area contributed by atoms with E-state index in [4.69, 9.17) is 9.16 Å². The summed E-state index contributed by atoms with van der Waals surface area (Å²) >= 11 is 0.